The van der Waals surface area contributed by atoms with E-state index in [0.717, 1.165) is 0 Å². The average molecular weight is 385 g/mol. The Balaban J connectivity index is 3.20. The van der Waals surface area contributed by atoms with E-state index in [2.05, 4.69) is 9.98 Å². The fraction of sp³-hybridized carbons (Fsp3) is 0.625. The SMILES string of the molecule is CC(C)(C)OC(=O)N(C(=O)OC(C)(C)C)[C@@H](CC1=NC(=S)N=C1)C(=O)O. The van der Waals surface area contributed by atoms with E-state index in [1.165, 1.54) is 6.21 Å². The predicted octanol–water partition coefficient (Wildman–Crippen LogP) is 2.81. The van der Waals surface area contributed by atoms with E-state index in [4.69, 9.17) is 21.7 Å². The zero-order valence-electron chi connectivity index (χ0n) is 15.6. The molecule has 1 aliphatic heterocycles. The first kappa shape index (κ1) is 21.7. The lowest BCUT2D eigenvalue weighted by Gasteiger charge is -2.31. The molecule has 0 aromatic rings. The summed E-state index contributed by atoms with van der Waals surface area (Å²) in [5.41, 5.74) is -1.64. The number of aliphatic carboxylic acids is 1. The maximum atomic E-state index is 12.5. The standard InChI is InChI=1S/C16H23N3O6S/c1-15(2,3)24-13(22)19(14(23)25-16(4,5)6)10(11(20)21)7-9-8-17-12(26)18-9/h8,10H,7H2,1-6H3,(H,20,21)/t10-/m0/s1. The lowest BCUT2D eigenvalue weighted by Crippen LogP contribution is -2.52. The minimum absolute atomic E-state index is 0.0465. The molecule has 0 aromatic carbocycles. The van der Waals surface area contributed by atoms with Crippen LogP contribution in [0.1, 0.15) is 48.0 Å². The van der Waals surface area contributed by atoms with Gasteiger partial charge in [0.2, 0.25) is 5.11 Å². The molecule has 0 saturated carbocycles. The normalized spacial score (nSPS) is 15.3. The third kappa shape index (κ3) is 6.87. The van der Waals surface area contributed by atoms with Crippen molar-refractivity contribution in [2.24, 2.45) is 9.98 Å². The first-order valence-electron chi connectivity index (χ1n) is 7.83. The van der Waals surface area contributed by atoms with Gasteiger partial charge in [-0.3, -0.25) is 0 Å². The molecule has 144 valence electrons. The second-order valence-corrected chi connectivity index (χ2v) is 7.90. The minimum Gasteiger partial charge on any atom is -0.480 e. The van der Waals surface area contributed by atoms with Gasteiger partial charge in [0.15, 0.2) is 0 Å². The molecule has 0 bridgehead atoms. The number of carbonyl (C=O) groups is 3. The van der Waals surface area contributed by atoms with Crippen molar-refractivity contribution in [3.8, 4) is 0 Å². The van der Waals surface area contributed by atoms with Gasteiger partial charge in [-0.05, 0) is 53.8 Å². The van der Waals surface area contributed by atoms with Crippen molar-refractivity contribution in [1.29, 1.82) is 0 Å². The highest BCUT2D eigenvalue weighted by molar-refractivity contribution is 7.80. The second kappa shape index (κ2) is 7.90. The van der Waals surface area contributed by atoms with Crippen LogP contribution in [0.2, 0.25) is 0 Å². The number of carboxylic acid groups (broad SMARTS) is 1. The van der Waals surface area contributed by atoms with Crippen molar-refractivity contribution in [3.05, 3.63) is 0 Å². The second-order valence-electron chi connectivity index (χ2n) is 7.53. The van der Waals surface area contributed by atoms with E-state index in [-0.39, 0.29) is 17.2 Å². The van der Waals surface area contributed by atoms with Crippen LogP contribution in [0.5, 0.6) is 0 Å². The van der Waals surface area contributed by atoms with Crippen LogP contribution in [-0.2, 0) is 14.3 Å². The van der Waals surface area contributed by atoms with Crippen LogP contribution >= 0.6 is 12.2 Å². The van der Waals surface area contributed by atoms with Crippen molar-refractivity contribution in [2.75, 3.05) is 0 Å². The minimum atomic E-state index is -1.59. The zero-order valence-corrected chi connectivity index (χ0v) is 16.4. The van der Waals surface area contributed by atoms with E-state index >= 15 is 0 Å². The highest BCUT2D eigenvalue weighted by atomic mass is 32.1. The molecule has 0 aromatic heterocycles. The number of hydrogen-bond acceptors (Lipinski definition) is 6. The Kier molecular flexibility index (Phi) is 6.59. The van der Waals surface area contributed by atoms with Crippen LogP contribution in [0.3, 0.4) is 0 Å². The highest BCUT2D eigenvalue weighted by Gasteiger charge is 2.41. The molecule has 1 N–H and O–H groups in total. The number of hydrogen-bond donors (Lipinski definition) is 1. The summed E-state index contributed by atoms with van der Waals surface area (Å²) in [4.78, 5) is 44.9. The molecule has 1 aliphatic rings. The Morgan fingerprint density at radius 3 is 1.88 bits per heavy atom. The van der Waals surface area contributed by atoms with E-state index in [1.807, 2.05) is 0 Å². The number of carbonyl (C=O) groups excluding carboxylic acids is 2. The molecule has 0 fully saturated rings. The molecule has 9 nitrogen and oxygen atoms in total. The van der Waals surface area contributed by atoms with Crippen LogP contribution in [0.25, 0.3) is 0 Å². The van der Waals surface area contributed by atoms with Crippen LogP contribution < -0.4 is 0 Å². The molecular weight excluding hydrogens is 362 g/mol. The molecule has 0 saturated heterocycles. The first-order chi connectivity index (χ1) is 11.7. The maximum absolute atomic E-state index is 12.5. The summed E-state index contributed by atoms with van der Waals surface area (Å²) in [5.74, 6) is -1.42. The fourth-order valence-electron chi connectivity index (χ4n) is 1.85. The largest absolute Gasteiger partial charge is 0.480 e. The summed E-state index contributed by atoms with van der Waals surface area (Å²) >= 11 is 4.80. The van der Waals surface area contributed by atoms with E-state index in [1.54, 1.807) is 41.5 Å². The molecule has 0 spiro atoms. The summed E-state index contributed by atoms with van der Waals surface area (Å²) in [5, 5.41) is 9.62. The molecule has 1 heterocycles. The monoisotopic (exact) mass is 385 g/mol. The number of imide groups is 1. The van der Waals surface area contributed by atoms with Gasteiger partial charge in [-0.1, -0.05) is 0 Å². The Morgan fingerprint density at radius 2 is 1.58 bits per heavy atom. The Morgan fingerprint density at radius 1 is 1.12 bits per heavy atom. The average Bonchev–Trinajstić information content (AvgIpc) is 2.79. The Bertz CT molecular complexity index is 644. The van der Waals surface area contributed by atoms with Gasteiger partial charge in [0.05, 0.1) is 11.9 Å². The zero-order chi connectivity index (χ0) is 20.3. The molecule has 10 heteroatoms. The van der Waals surface area contributed by atoms with Crippen molar-refractivity contribution in [1.82, 2.24) is 4.90 Å². The smallest absolute Gasteiger partial charge is 0.420 e. The molecule has 1 atom stereocenters. The molecule has 0 aliphatic carbocycles. The van der Waals surface area contributed by atoms with Crippen LogP contribution in [0.4, 0.5) is 9.59 Å². The van der Waals surface area contributed by atoms with Crippen LogP contribution in [0.15, 0.2) is 9.98 Å². The van der Waals surface area contributed by atoms with Crippen LogP contribution in [-0.4, -0.2) is 62.4 Å². The quantitative estimate of drug-likeness (QED) is 0.739. The van der Waals surface area contributed by atoms with Gasteiger partial charge < -0.3 is 14.6 Å². The van der Waals surface area contributed by atoms with Gasteiger partial charge in [-0.25, -0.2) is 24.4 Å². The lowest BCUT2D eigenvalue weighted by atomic mass is 10.1. The van der Waals surface area contributed by atoms with Crippen molar-refractivity contribution < 1.29 is 29.0 Å². The predicted molar refractivity (Wildman–Crippen MR) is 98.9 cm³/mol. The topological polar surface area (TPSA) is 118 Å². The number of thiocarbonyl (C=S) groups is 1. The van der Waals surface area contributed by atoms with Gasteiger partial charge >= 0.3 is 18.2 Å². The Labute approximate surface area is 157 Å². The van der Waals surface area contributed by atoms with Gasteiger partial charge in [0.1, 0.15) is 17.2 Å². The number of carboxylic acids is 1. The number of ether oxygens (including phenoxy) is 2. The van der Waals surface area contributed by atoms with Crippen LogP contribution in [0, 0.1) is 0 Å². The molecular formula is C16H23N3O6S. The van der Waals surface area contributed by atoms with Gasteiger partial charge in [0, 0.05) is 6.42 Å². The number of rotatable bonds is 4. The fourth-order valence-corrected chi connectivity index (χ4v) is 2.02. The van der Waals surface area contributed by atoms with Crippen molar-refractivity contribution in [3.63, 3.8) is 0 Å². The summed E-state index contributed by atoms with van der Waals surface area (Å²) < 4.78 is 10.4. The molecule has 0 radical (unpaired) electrons. The molecule has 2 amide bonds. The molecule has 26 heavy (non-hydrogen) atoms. The number of aliphatic imine (C=N–C) groups is 2. The number of amides is 2. The van der Waals surface area contributed by atoms with Crippen molar-refractivity contribution >= 4 is 47.4 Å². The summed E-state index contributed by atoms with van der Waals surface area (Å²) in [6.45, 7) is 9.58. The van der Waals surface area contributed by atoms with Gasteiger partial charge in [-0.15, -0.1) is 0 Å². The summed E-state index contributed by atoms with van der Waals surface area (Å²) in [7, 11) is 0. The van der Waals surface area contributed by atoms with Crippen molar-refractivity contribution in [2.45, 2.75) is 65.2 Å². The first-order valence-corrected chi connectivity index (χ1v) is 8.24. The lowest BCUT2D eigenvalue weighted by molar-refractivity contribution is -0.142. The third-order valence-electron chi connectivity index (χ3n) is 2.74. The van der Waals surface area contributed by atoms with E-state index < -0.39 is 35.4 Å². The third-order valence-corrected chi connectivity index (χ3v) is 2.94. The summed E-state index contributed by atoms with van der Waals surface area (Å²) in [6, 6.07) is -1.59. The molecule has 1 rings (SSSR count). The Hall–Kier alpha value is -2.36. The van der Waals surface area contributed by atoms with E-state index in [9.17, 15) is 19.5 Å². The van der Waals surface area contributed by atoms with E-state index in [0.29, 0.717) is 4.90 Å². The van der Waals surface area contributed by atoms with Gasteiger partial charge in [-0.2, -0.15) is 4.90 Å². The number of nitrogens with zero attached hydrogens (tertiary/aromatic N) is 3. The van der Waals surface area contributed by atoms with Gasteiger partial charge in [0.25, 0.3) is 0 Å². The molecule has 0 unspecified atom stereocenters. The summed E-state index contributed by atoms with van der Waals surface area (Å²) in [6.07, 6.45) is -1.24. The highest BCUT2D eigenvalue weighted by Crippen LogP contribution is 2.19. The maximum Gasteiger partial charge on any atom is 0.420 e.